The average molecular weight is 314 g/mol. The molecule has 5 rings (SSSR count). The van der Waals surface area contributed by atoms with Gasteiger partial charge >= 0.3 is 5.76 Å². The van der Waals surface area contributed by atoms with Crippen molar-refractivity contribution in [2.45, 2.75) is 31.2 Å². The van der Waals surface area contributed by atoms with Crippen LogP contribution in [0.3, 0.4) is 0 Å². The van der Waals surface area contributed by atoms with Crippen molar-refractivity contribution >= 4 is 5.91 Å². The van der Waals surface area contributed by atoms with Crippen LogP contribution in [0.2, 0.25) is 0 Å². The molecule has 2 aromatic rings. The molecule has 1 N–H and O–H groups in total. The van der Waals surface area contributed by atoms with Gasteiger partial charge in [-0.3, -0.25) is 9.78 Å². The van der Waals surface area contributed by atoms with Crippen LogP contribution >= 0.6 is 0 Å². The molecule has 120 valence electrons. The molecule has 3 saturated carbocycles. The number of amides is 1. The molecule has 2 aromatic heterocycles. The number of fused-ring (bicyclic) bond motifs is 1. The lowest BCUT2D eigenvalue weighted by Gasteiger charge is -2.47. The third-order valence-corrected chi connectivity index (χ3v) is 5.39. The van der Waals surface area contributed by atoms with Crippen LogP contribution in [0, 0.1) is 11.8 Å². The highest BCUT2D eigenvalue weighted by molar-refractivity contribution is 5.82. The Morgan fingerprint density at radius 3 is 3.09 bits per heavy atom. The fourth-order valence-electron chi connectivity index (χ4n) is 4.36. The number of aromatic nitrogens is 3. The first-order chi connectivity index (χ1) is 11.1. The zero-order chi connectivity index (χ0) is 16.0. The predicted octanol–water partition coefficient (Wildman–Crippen LogP) is 1.08. The van der Waals surface area contributed by atoms with E-state index in [1.165, 1.54) is 0 Å². The number of H-pyrrole nitrogens is 1. The van der Waals surface area contributed by atoms with Crippen molar-refractivity contribution < 1.29 is 9.21 Å². The summed E-state index contributed by atoms with van der Waals surface area (Å²) < 4.78 is 4.89. The smallest absolute Gasteiger partial charge is 0.391 e. The summed E-state index contributed by atoms with van der Waals surface area (Å²) in [7, 11) is 1.73. The molecule has 2 bridgehead atoms. The molecule has 3 unspecified atom stereocenters. The van der Waals surface area contributed by atoms with E-state index in [0.717, 1.165) is 24.8 Å². The number of aromatic amines is 1. The summed E-state index contributed by atoms with van der Waals surface area (Å²) in [5, 5.41) is 5.98. The maximum atomic E-state index is 12.9. The number of carbonyl (C=O) groups is 1. The number of rotatable bonds is 4. The van der Waals surface area contributed by atoms with Crippen molar-refractivity contribution in [2.24, 2.45) is 11.8 Å². The molecule has 0 saturated heterocycles. The van der Waals surface area contributed by atoms with Crippen LogP contribution in [-0.2, 0) is 16.8 Å². The van der Waals surface area contributed by atoms with Crippen LogP contribution in [0.1, 0.15) is 30.7 Å². The van der Waals surface area contributed by atoms with E-state index in [9.17, 15) is 9.59 Å². The summed E-state index contributed by atoms with van der Waals surface area (Å²) in [6, 6.07) is 4.00. The van der Waals surface area contributed by atoms with Gasteiger partial charge in [0.2, 0.25) is 11.8 Å². The summed E-state index contributed by atoms with van der Waals surface area (Å²) in [6.07, 6.45) is 6.81. The van der Waals surface area contributed by atoms with E-state index >= 15 is 0 Å². The highest BCUT2D eigenvalue weighted by Crippen LogP contribution is 2.64. The summed E-state index contributed by atoms with van der Waals surface area (Å²) in [5.41, 5.74) is 1.09. The Kier molecular flexibility index (Phi) is 3.11. The number of nitrogens with one attached hydrogen (secondary N) is 1. The Morgan fingerprint density at radius 1 is 1.57 bits per heavy atom. The van der Waals surface area contributed by atoms with Crippen molar-refractivity contribution in [2.75, 3.05) is 7.05 Å². The molecule has 3 aliphatic carbocycles. The van der Waals surface area contributed by atoms with Gasteiger partial charge in [-0.05, 0) is 36.8 Å². The van der Waals surface area contributed by atoms with Crippen molar-refractivity contribution in [3.63, 3.8) is 0 Å². The molecular formula is C16H18N4O3. The van der Waals surface area contributed by atoms with Gasteiger partial charge in [0.05, 0.1) is 12.5 Å². The van der Waals surface area contributed by atoms with Gasteiger partial charge in [-0.15, -0.1) is 5.10 Å². The molecule has 7 heteroatoms. The monoisotopic (exact) mass is 314 g/mol. The van der Waals surface area contributed by atoms with E-state index in [-0.39, 0.29) is 29.7 Å². The van der Waals surface area contributed by atoms with Crippen LogP contribution in [0.4, 0.5) is 0 Å². The summed E-state index contributed by atoms with van der Waals surface area (Å²) >= 11 is 0. The molecule has 3 fully saturated rings. The number of pyridine rings is 1. The summed E-state index contributed by atoms with van der Waals surface area (Å²) in [4.78, 5) is 29.7. The minimum atomic E-state index is -0.601. The van der Waals surface area contributed by atoms with Crippen molar-refractivity contribution in [1.82, 2.24) is 20.1 Å². The first kappa shape index (κ1) is 14.2. The molecule has 0 aliphatic heterocycles. The van der Waals surface area contributed by atoms with E-state index < -0.39 is 5.76 Å². The summed E-state index contributed by atoms with van der Waals surface area (Å²) in [5.74, 6) is 0.149. The normalized spacial score (nSPS) is 28.4. The number of nitrogens with zero attached hydrogens (tertiary/aromatic N) is 3. The lowest BCUT2D eigenvalue weighted by atomic mass is 9.57. The largest absolute Gasteiger partial charge is 0.434 e. The SMILES string of the molecule is CN(Cc1n[nH]c(=O)o1)C(=O)C1C2CCC1(c1cccnc1)C2. The van der Waals surface area contributed by atoms with Gasteiger partial charge < -0.3 is 9.32 Å². The average Bonchev–Trinajstić information content (AvgIpc) is 3.23. The van der Waals surface area contributed by atoms with Crippen LogP contribution < -0.4 is 5.76 Å². The zero-order valence-corrected chi connectivity index (χ0v) is 12.9. The molecule has 0 radical (unpaired) electrons. The van der Waals surface area contributed by atoms with Gasteiger partial charge in [0.15, 0.2) is 0 Å². The first-order valence-corrected chi connectivity index (χ1v) is 7.80. The van der Waals surface area contributed by atoms with E-state index in [2.05, 4.69) is 21.2 Å². The highest BCUT2D eigenvalue weighted by Gasteiger charge is 2.63. The van der Waals surface area contributed by atoms with Crippen LogP contribution in [0.15, 0.2) is 33.7 Å². The van der Waals surface area contributed by atoms with E-state index in [1.54, 1.807) is 18.1 Å². The lowest BCUT2D eigenvalue weighted by Crippen LogP contribution is -2.52. The van der Waals surface area contributed by atoms with Crippen LogP contribution in [-0.4, -0.2) is 33.0 Å². The molecule has 3 aliphatic rings. The zero-order valence-electron chi connectivity index (χ0n) is 12.9. The Balaban J connectivity index is 1.55. The molecule has 0 aromatic carbocycles. The van der Waals surface area contributed by atoms with E-state index in [4.69, 9.17) is 4.42 Å². The molecule has 1 amide bonds. The van der Waals surface area contributed by atoms with Crippen molar-refractivity contribution in [3.8, 4) is 0 Å². The van der Waals surface area contributed by atoms with Crippen LogP contribution in [0.25, 0.3) is 0 Å². The summed E-state index contributed by atoms with van der Waals surface area (Å²) in [6.45, 7) is 0.198. The Labute approximate surface area is 132 Å². The third kappa shape index (κ3) is 2.10. The fraction of sp³-hybridized carbons (Fsp3) is 0.500. The van der Waals surface area contributed by atoms with Gasteiger partial charge in [-0.2, -0.15) is 0 Å². The minimum Gasteiger partial charge on any atom is -0.391 e. The molecule has 23 heavy (non-hydrogen) atoms. The fourth-order valence-corrected chi connectivity index (χ4v) is 4.36. The quantitative estimate of drug-likeness (QED) is 0.912. The van der Waals surface area contributed by atoms with Gasteiger partial charge in [0, 0.05) is 24.9 Å². The van der Waals surface area contributed by atoms with Gasteiger partial charge in [-0.25, -0.2) is 9.89 Å². The van der Waals surface area contributed by atoms with Crippen molar-refractivity contribution in [3.05, 3.63) is 46.5 Å². The Bertz CT molecular complexity index is 780. The van der Waals surface area contributed by atoms with E-state index in [0.29, 0.717) is 5.92 Å². The molecule has 2 heterocycles. The minimum absolute atomic E-state index is 0.0117. The van der Waals surface area contributed by atoms with Gasteiger partial charge in [0.1, 0.15) is 0 Å². The van der Waals surface area contributed by atoms with Crippen molar-refractivity contribution in [1.29, 1.82) is 0 Å². The predicted molar refractivity (Wildman–Crippen MR) is 80.3 cm³/mol. The molecular weight excluding hydrogens is 296 g/mol. The number of hydrogen-bond acceptors (Lipinski definition) is 5. The van der Waals surface area contributed by atoms with Gasteiger partial charge in [-0.1, -0.05) is 6.07 Å². The standard InChI is InChI=1S/C16H18N4O3/c1-20(9-12-18-19-15(22)23-12)14(21)13-10-4-5-16(13,7-10)11-3-2-6-17-8-11/h2-3,6,8,10,13H,4-5,7,9H2,1H3,(H,19,22). The second kappa shape index (κ2) is 5.04. The van der Waals surface area contributed by atoms with Gasteiger partial charge in [0.25, 0.3) is 0 Å². The Hall–Kier alpha value is -2.44. The molecule has 7 nitrogen and oxygen atoms in total. The maximum Gasteiger partial charge on any atom is 0.434 e. The second-order valence-electron chi connectivity index (χ2n) is 6.58. The number of hydrogen-bond donors (Lipinski definition) is 1. The lowest BCUT2D eigenvalue weighted by molar-refractivity contribution is -0.143. The van der Waals surface area contributed by atoms with Crippen LogP contribution in [0.5, 0.6) is 0 Å². The first-order valence-electron chi connectivity index (χ1n) is 7.80. The topological polar surface area (TPSA) is 92.1 Å². The Morgan fingerprint density at radius 2 is 2.43 bits per heavy atom. The third-order valence-electron chi connectivity index (χ3n) is 5.39. The number of carbonyl (C=O) groups excluding carboxylic acids is 1. The highest BCUT2D eigenvalue weighted by atomic mass is 16.4. The molecule has 3 atom stereocenters. The molecule has 0 spiro atoms. The maximum absolute atomic E-state index is 12.9. The van der Waals surface area contributed by atoms with E-state index in [1.807, 2.05) is 12.3 Å². The second-order valence-corrected chi connectivity index (χ2v) is 6.58.